The molecule has 0 radical (unpaired) electrons. The van der Waals surface area contributed by atoms with Gasteiger partial charge in [0.2, 0.25) is 0 Å². The summed E-state index contributed by atoms with van der Waals surface area (Å²) in [6.45, 7) is 6.37. The lowest BCUT2D eigenvalue weighted by Gasteiger charge is -2.58. The number of ketones is 2. The lowest BCUT2D eigenvalue weighted by molar-refractivity contribution is -0.155. The minimum atomic E-state index is -0.0578. The van der Waals surface area contributed by atoms with Crippen LogP contribution in [0.25, 0.3) is 0 Å². The van der Waals surface area contributed by atoms with Crippen LogP contribution in [0.4, 0.5) is 0 Å². The molecular weight excluding hydrogens is 284 g/mol. The van der Waals surface area contributed by atoms with Gasteiger partial charge in [-0.1, -0.05) is 26.0 Å². The molecule has 0 aromatic rings. The Kier molecular flexibility index (Phi) is 3.42. The lowest BCUT2D eigenvalue weighted by atomic mass is 9.45. The van der Waals surface area contributed by atoms with Crippen LogP contribution in [0.3, 0.4) is 0 Å². The van der Waals surface area contributed by atoms with Gasteiger partial charge in [0.15, 0.2) is 0 Å². The zero-order valence-electron chi connectivity index (χ0n) is 14.8. The molecule has 4 aliphatic rings. The maximum absolute atomic E-state index is 13.3. The number of hydrogen-bond donors (Lipinski definition) is 0. The molecule has 2 heteroatoms. The highest BCUT2D eigenvalue weighted by molar-refractivity contribution is 5.87. The molecule has 1 unspecified atom stereocenters. The average Bonchev–Trinajstić information content (AvgIpc) is 2.82. The van der Waals surface area contributed by atoms with Crippen molar-refractivity contribution in [2.45, 2.75) is 65.7 Å². The van der Waals surface area contributed by atoms with Crippen molar-refractivity contribution in [2.75, 3.05) is 0 Å². The van der Waals surface area contributed by atoms with E-state index in [1.54, 1.807) is 6.92 Å². The Hall–Kier alpha value is -0.920. The first-order valence-corrected chi connectivity index (χ1v) is 9.56. The minimum Gasteiger partial charge on any atom is -0.300 e. The Balaban J connectivity index is 1.72. The van der Waals surface area contributed by atoms with Gasteiger partial charge in [0.1, 0.15) is 11.6 Å². The Labute approximate surface area is 140 Å². The van der Waals surface area contributed by atoms with E-state index in [4.69, 9.17) is 0 Å². The number of carbonyl (C=O) groups excluding carboxylic acids is 2. The first kappa shape index (κ1) is 15.6. The molecule has 0 amide bonds. The molecule has 0 N–H and O–H groups in total. The van der Waals surface area contributed by atoms with E-state index in [-0.39, 0.29) is 22.7 Å². The molecule has 0 heterocycles. The Morgan fingerprint density at radius 3 is 2.61 bits per heavy atom. The molecule has 0 aromatic carbocycles. The third-order valence-electron chi connectivity index (χ3n) is 8.38. The number of carbonyl (C=O) groups is 2. The SMILES string of the molecule is CC(=O)[C@H]1CC[C@H]2[C@@H]3CCC4CC=CC[C@]4(C)[C@H]3C(=O)C[C@]12C. The molecule has 3 saturated carbocycles. The predicted molar refractivity (Wildman–Crippen MR) is 90.8 cm³/mol. The highest BCUT2D eigenvalue weighted by Crippen LogP contribution is 2.65. The fraction of sp³-hybridized carbons (Fsp3) is 0.810. The van der Waals surface area contributed by atoms with Crippen LogP contribution in [-0.2, 0) is 9.59 Å². The second-order valence-electron chi connectivity index (χ2n) is 9.33. The molecule has 0 spiro atoms. The van der Waals surface area contributed by atoms with Crippen molar-refractivity contribution in [1.29, 1.82) is 0 Å². The number of fused-ring (bicyclic) bond motifs is 5. The minimum absolute atomic E-state index is 0.0578. The summed E-state index contributed by atoms with van der Waals surface area (Å²) in [7, 11) is 0. The van der Waals surface area contributed by atoms with Crippen LogP contribution in [0.1, 0.15) is 65.7 Å². The molecule has 2 nitrogen and oxygen atoms in total. The van der Waals surface area contributed by atoms with E-state index in [1.165, 1.54) is 12.8 Å². The van der Waals surface area contributed by atoms with Crippen molar-refractivity contribution in [2.24, 2.45) is 40.4 Å². The zero-order valence-corrected chi connectivity index (χ0v) is 14.8. The summed E-state index contributed by atoms with van der Waals surface area (Å²) in [6.07, 6.45) is 12.2. The molecule has 0 aliphatic heterocycles. The van der Waals surface area contributed by atoms with Gasteiger partial charge in [-0.2, -0.15) is 0 Å². The Morgan fingerprint density at radius 1 is 1.09 bits per heavy atom. The predicted octanol–water partition coefficient (Wildman–Crippen LogP) is 4.58. The number of rotatable bonds is 1. The van der Waals surface area contributed by atoms with Gasteiger partial charge in [-0.05, 0) is 74.0 Å². The molecule has 0 bridgehead atoms. The van der Waals surface area contributed by atoms with Gasteiger partial charge in [-0.15, -0.1) is 0 Å². The normalized spacial score (nSPS) is 51.8. The summed E-state index contributed by atoms with van der Waals surface area (Å²) in [5, 5.41) is 0. The third kappa shape index (κ3) is 1.99. The highest BCUT2D eigenvalue weighted by atomic mass is 16.1. The van der Waals surface area contributed by atoms with E-state index >= 15 is 0 Å². The van der Waals surface area contributed by atoms with Crippen LogP contribution < -0.4 is 0 Å². The second-order valence-corrected chi connectivity index (χ2v) is 9.33. The summed E-state index contributed by atoms with van der Waals surface area (Å²) in [5.41, 5.74) is 0.113. The van der Waals surface area contributed by atoms with E-state index in [2.05, 4.69) is 26.0 Å². The summed E-state index contributed by atoms with van der Waals surface area (Å²) < 4.78 is 0. The number of hydrogen-bond acceptors (Lipinski definition) is 2. The van der Waals surface area contributed by atoms with Crippen LogP contribution in [0.15, 0.2) is 12.2 Å². The quantitative estimate of drug-likeness (QED) is 0.664. The van der Waals surface area contributed by atoms with Gasteiger partial charge in [0.25, 0.3) is 0 Å². The van der Waals surface area contributed by atoms with Crippen molar-refractivity contribution in [1.82, 2.24) is 0 Å². The van der Waals surface area contributed by atoms with E-state index in [9.17, 15) is 9.59 Å². The molecule has 0 aromatic heterocycles. The molecule has 0 saturated heterocycles. The second kappa shape index (κ2) is 5.04. The van der Waals surface area contributed by atoms with E-state index in [1.807, 2.05) is 0 Å². The van der Waals surface area contributed by atoms with E-state index < -0.39 is 0 Å². The molecule has 4 aliphatic carbocycles. The third-order valence-corrected chi connectivity index (χ3v) is 8.38. The van der Waals surface area contributed by atoms with Crippen molar-refractivity contribution in [3.8, 4) is 0 Å². The molecule has 23 heavy (non-hydrogen) atoms. The van der Waals surface area contributed by atoms with Gasteiger partial charge >= 0.3 is 0 Å². The van der Waals surface area contributed by atoms with Crippen molar-refractivity contribution >= 4 is 11.6 Å². The summed E-state index contributed by atoms with van der Waals surface area (Å²) >= 11 is 0. The van der Waals surface area contributed by atoms with Crippen LogP contribution in [-0.4, -0.2) is 11.6 Å². The van der Waals surface area contributed by atoms with E-state index in [0.29, 0.717) is 35.7 Å². The van der Waals surface area contributed by atoms with Gasteiger partial charge in [0.05, 0.1) is 0 Å². The maximum Gasteiger partial charge on any atom is 0.137 e. The highest BCUT2D eigenvalue weighted by Gasteiger charge is 2.63. The van der Waals surface area contributed by atoms with Crippen molar-refractivity contribution in [3.63, 3.8) is 0 Å². The smallest absolute Gasteiger partial charge is 0.137 e. The summed E-state index contributed by atoms with van der Waals surface area (Å²) in [6, 6.07) is 0. The topological polar surface area (TPSA) is 34.1 Å². The fourth-order valence-electron chi connectivity index (χ4n) is 7.33. The molecule has 7 atom stereocenters. The number of Topliss-reactive ketones (excluding diaryl/α,β-unsaturated/α-hetero) is 2. The van der Waals surface area contributed by atoms with E-state index in [0.717, 1.165) is 25.7 Å². The van der Waals surface area contributed by atoms with Crippen LogP contribution in [0.2, 0.25) is 0 Å². The van der Waals surface area contributed by atoms with Crippen molar-refractivity contribution in [3.05, 3.63) is 12.2 Å². The molecule has 4 rings (SSSR count). The summed E-state index contributed by atoms with van der Waals surface area (Å²) in [5.74, 6) is 2.95. The monoisotopic (exact) mass is 314 g/mol. The number of allylic oxidation sites excluding steroid dienone is 2. The fourth-order valence-corrected chi connectivity index (χ4v) is 7.33. The van der Waals surface area contributed by atoms with Gasteiger partial charge in [0, 0.05) is 18.3 Å². The molecular formula is C21H30O2. The van der Waals surface area contributed by atoms with Crippen LogP contribution >= 0.6 is 0 Å². The average molecular weight is 314 g/mol. The lowest BCUT2D eigenvalue weighted by Crippen LogP contribution is -2.56. The standard InChI is InChI=1S/C21H30O2/c1-13(22)16-9-10-17-15-8-7-14-6-4-5-11-20(14,2)19(15)18(23)12-21(16,17)3/h4-5,14-17,19H,6-12H2,1-3H3/t14?,15-,16+,17-,19+,20-,21+/m0/s1. The maximum atomic E-state index is 13.3. The first-order chi connectivity index (χ1) is 10.9. The molecule has 3 fully saturated rings. The largest absolute Gasteiger partial charge is 0.300 e. The van der Waals surface area contributed by atoms with Crippen molar-refractivity contribution < 1.29 is 9.59 Å². The Bertz CT molecular complexity index is 576. The van der Waals surface area contributed by atoms with Gasteiger partial charge in [-0.3, -0.25) is 9.59 Å². The summed E-state index contributed by atoms with van der Waals surface area (Å²) in [4.78, 5) is 25.4. The first-order valence-electron chi connectivity index (χ1n) is 9.56. The Morgan fingerprint density at radius 2 is 1.87 bits per heavy atom. The van der Waals surface area contributed by atoms with Crippen LogP contribution in [0, 0.1) is 40.4 Å². The van der Waals surface area contributed by atoms with Gasteiger partial charge < -0.3 is 0 Å². The molecule has 126 valence electrons. The van der Waals surface area contributed by atoms with Crippen LogP contribution in [0.5, 0.6) is 0 Å². The van der Waals surface area contributed by atoms with Gasteiger partial charge in [-0.25, -0.2) is 0 Å². The zero-order chi connectivity index (χ0) is 16.4.